The molecule has 0 bridgehead atoms. The molecule has 14 heteroatoms. The van der Waals surface area contributed by atoms with E-state index in [2.05, 4.69) is 19.8 Å². The number of benzene rings is 1. The van der Waals surface area contributed by atoms with Crippen LogP contribution in [0.5, 0.6) is 0 Å². The molecule has 4 rings (SSSR count). The van der Waals surface area contributed by atoms with Crippen molar-refractivity contribution in [2.24, 2.45) is 10.9 Å². The van der Waals surface area contributed by atoms with Gasteiger partial charge >= 0.3 is 11.9 Å². The SMILES string of the molecule is COC(=O)CS(=O)(=O)N[C@H]1CC[C@H](C2=C(C(=O)OC)C(c3ccc(F)cc3Cl)N=C(c3nccs3)N2)CC1. The summed E-state index contributed by atoms with van der Waals surface area (Å²) in [6.07, 6.45) is 3.63. The fraction of sp³-hybridized carbons (Fsp3) is 0.417. The number of amidine groups is 1. The third kappa shape index (κ3) is 6.40. The van der Waals surface area contributed by atoms with Gasteiger partial charge in [0.1, 0.15) is 11.9 Å². The molecule has 0 radical (unpaired) electrons. The van der Waals surface area contributed by atoms with Crippen molar-refractivity contribution < 1.29 is 31.9 Å². The van der Waals surface area contributed by atoms with E-state index in [0.29, 0.717) is 47.8 Å². The molecule has 0 amide bonds. The van der Waals surface area contributed by atoms with Gasteiger partial charge in [-0.15, -0.1) is 11.3 Å². The van der Waals surface area contributed by atoms with E-state index >= 15 is 0 Å². The van der Waals surface area contributed by atoms with Gasteiger partial charge in [-0.2, -0.15) is 0 Å². The largest absolute Gasteiger partial charge is 0.468 e. The molecule has 38 heavy (non-hydrogen) atoms. The van der Waals surface area contributed by atoms with Crippen molar-refractivity contribution in [3.8, 4) is 0 Å². The summed E-state index contributed by atoms with van der Waals surface area (Å²) in [4.78, 5) is 33.6. The van der Waals surface area contributed by atoms with E-state index in [4.69, 9.17) is 21.3 Å². The van der Waals surface area contributed by atoms with Crippen LogP contribution in [0, 0.1) is 11.7 Å². The van der Waals surface area contributed by atoms with Gasteiger partial charge in [-0.1, -0.05) is 17.7 Å². The first-order valence-electron chi connectivity index (χ1n) is 11.7. The fourth-order valence-electron chi connectivity index (χ4n) is 4.63. The number of aliphatic imine (C=N–C) groups is 1. The number of carbonyl (C=O) groups excluding carboxylic acids is 2. The Morgan fingerprint density at radius 2 is 1.95 bits per heavy atom. The van der Waals surface area contributed by atoms with Crippen LogP contribution in [0.3, 0.4) is 0 Å². The van der Waals surface area contributed by atoms with Crippen molar-refractivity contribution in [1.82, 2.24) is 15.0 Å². The summed E-state index contributed by atoms with van der Waals surface area (Å²) >= 11 is 7.75. The summed E-state index contributed by atoms with van der Waals surface area (Å²) in [5.41, 5.74) is 1.26. The minimum absolute atomic E-state index is 0.114. The van der Waals surface area contributed by atoms with Gasteiger partial charge in [-0.05, 0) is 43.7 Å². The van der Waals surface area contributed by atoms with Crippen LogP contribution in [0.25, 0.3) is 0 Å². The lowest BCUT2D eigenvalue weighted by atomic mass is 9.80. The van der Waals surface area contributed by atoms with Crippen molar-refractivity contribution in [1.29, 1.82) is 0 Å². The topological polar surface area (TPSA) is 136 Å². The lowest BCUT2D eigenvalue weighted by Gasteiger charge is -2.35. The highest BCUT2D eigenvalue weighted by Gasteiger charge is 2.38. The lowest BCUT2D eigenvalue weighted by Crippen LogP contribution is -2.42. The maximum atomic E-state index is 13.8. The van der Waals surface area contributed by atoms with E-state index in [1.54, 1.807) is 11.6 Å². The monoisotopic (exact) mass is 584 g/mol. The zero-order valence-corrected chi connectivity index (χ0v) is 23.0. The molecule has 1 aromatic carbocycles. The fourth-order valence-corrected chi connectivity index (χ4v) is 6.74. The van der Waals surface area contributed by atoms with Crippen molar-refractivity contribution in [2.75, 3.05) is 20.0 Å². The van der Waals surface area contributed by atoms with E-state index in [9.17, 15) is 22.4 Å². The van der Waals surface area contributed by atoms with Gasteiger partial charge in [0.15, 0.2) is 16.6 Å². The Hall–Kier alpha value is -2.87. The molecule has 1 saturated carbocycles. The normalized spacial score (nSPS) is 21.9. The molecular formula is C24H26ClFN4O6S2. The number of carbonyl (C=O) groups is 2. The molecule has 2 heterocycles. The van der Waals surface area contributed by atoms with Crippen LogP contribution in [0.2, 0.25) is 5.02 Å². The Kier molecular flexibility index (Phi) is 8.81. The number of sulfonamides is 1. The minimum Gasteiger partial charge on any atom is -0.468 e. The molecule has 2 aromatic rings. The van der Waals surface area contributed by atoms with Gasteiger partial charge in [0.25, 0.3) is 0 Å². The van der Waals surface area contributed by atoms with Crippen LogP contribution < -0.4 is 10.0 Å². The molecule has 1 unspecified atom stereocenters. The first-order valence-corrected chi connectivity index (χ1v) is 14.6. The first kappa shape index (κ1) is 28.1. The highest BCUT2D eigenvalue weighted by molar-refractivity contribution is 7.90. The summed E-state index contributed by atoms with van der Waals surface area (Å²) < 4.78 is 50.6. The third-order valence-electron chi connectivity index (χ3n) is 6.39. The standard InChI is InChI=1S/C24H26ClFN4O6S2/c1-35-18(31)12-38(33,34)30-15-6-3-13(4-7-15)20-19(24(32)36-2)21(16-8-5-14(26)11-17(16)25)29-22(28-20)23-27-9-10-37-23/h5,8-11,13,15,21,30H,3-4,6-7,12H2,1-2H3,(H,28,29)/t13-,15-,21?. The first-order chi connectivity index (χ1) is 18.1. The maximum Gasteiger partial charge on any atom is 0.338 e. The second-order valence-electron chi connectivity index (χ2n) is 8.83. The predicted octanol–water partition coefficient (Wildman–Crippen LogP) is 3.11. The molecule has 0 spiro atoms. The molecule has 0 saturated heterocycles. The number of nitrogens with one attached hydrogen (secondary N) is 2. The van der Waals surface area contributed by atoms with Crippen LogP contribution in [0.1, 0.15) is 42.3 Å². The van der Waals surface area contributed by atoms with Crippen molar-refractivity contribution >= 4 is 50.7 Å². The number of allylic oxidation sites excluding steroid dienone is 1. The highest BCUT2D eigenvalue weighted by atomic mass is 35.5. The third-order valence-corrected chi connectivity index (χ3v) is 8.80. The van der Waals surface area contributed by atoms with E-state index in [-0.39, 0.29) is 22.6 Å². The number of rotatable bonds is 8. The number of thiazole rings is 1. The quantitative estimate of drug-likeness (QED) is 0.452. The number of hydrogen-bond donors (Lipinski definition) is 2. The van der Waals surface area contributed by atoms with Gasteiger partial charge in [0.05, 0.1) is 19.8 Å². The van der Waals surface area contributed by atoms with Crippen molar-refractivity contribution in [2.45, 2.75) is 37.8 Å². The molecule has 1 atom stereocenters. The number of methoxy groups -OCH3 is 2. The van der Waals surface area contributed by atoms with Crippen LogP contribution in [0.15, 0.2) is 46.0 Å². The molecule has 1 aliphatic heterocycles. The number of ether oxygens (including phenoxy) is 2. The Labute approximate surface area is 228 Å². The molecule has 1 aliphatic carbocycles. The highest BCUT2D eigenvalue weighted by Crippen LogP contribution is 2.41. The molecular weight excluding hydrogens is 559 g/mol. The second kappa shape index (κ2) is 11.9. The van der Waals surface area contributed by atoms with Gasteiger partial charge in [-0.25, -0.2) is 27.3 Å². The summed E-state index contributed by atoms with van der Waals surface area (Å²) in [6.45, 7) is 0. The number of hydrogen-bond acceptors (Lipinski definition) is 10. The Morgan fingerprint density at radius 3 is 2.55 bits per heavy atom. The smallest absolute Gasteiger partial charge is 0.338 e. The van der Waals surface area contributed by atoms with E-state index < -0.39 is 39.6 Å². The van der Waals surface area contributed by atoms with E-state index in [1.165, 1.54) is 30.6 Å². The summed E-state index contributed by atoms with van der Waals surface area (Å²) in [6, 6.07) is 2.66. The average Bonchev–Trinajstić information content (AvgIpc) is 3.42. The van der Waals surface area contributed by atoms with E-state index in [1.807, 2.05) is 0 Å². The lowest BCUT2D eigenvalue weighted by molar-refractivity contribution is -0.138. The maximum absolute atomic E-state index is 13.8. The molecule has 10 nitrogen and oxygen atoms in total. The van der Waals surface area contributed by atoms with Gasteiger partial charge in [0.2, 0.25) is 10.0 Å². The number of halogens is 2. The van der Waals surface area contributed by atoms with Gasteiger partial charge in [-0.3, -0.25) is 9.79 Å². The summed E-state index contributed by atoms with van der Waals surface area (Å²) in [5.74, 6) is -2.46. The zero-order valence-electron chi connectivity index (χ0n) is 20.6. The Balaban J connectivity index is 1.66. The van der Waals surface area contributed by atoms with E-state index in [0.717, 1.165) is 13.2 Å². The summed E-state index contributed by atoms with van der Waals surface area (Å²) in [5, 5.41) is 5.78. The molecule has 1 aromatic heterocycles. The van der Waals surface area contributed by atoms with Gasteiger partial charge in [0, 0.05) is 33.9 Å². The zero-order chi connectivity index (χ0) is 27.4. The number of nitrogens with zero attached hydrogens (tertiary/aromatic N) is 2. The molecule has 2 N–H and O–H groups in total. The van der Waals surface area contributed by atoms with Crippen LogP contribution in [-0.2, 0) is 29.1 Å². The number of esters is 2. The van der Waals surface area contributed by atoms with Crippen LogP contribution in [0.4, 0.5) is 4.39 Å². The van der Waals surface area contributed by atoms with Crippen LogP contribution in [-0.4, -0.2) is 57.2 Å². The summed E-state index contributed by atoms with van der Waals surface area (Å²) in [7, 11) is -1.46. The Morgan fingerprint density at radius 1 is 1.21 bits per heavy atom. The number of aromatic nitrogens is 1. The second-order valence-corrected chi connectivity index (χ2v) is 11.9. The Bertz CT molecular complexity index is 1370. The van der Waals surface area contributed by atoms with Crippen molar-refractivity contribution in [3.05, 3.63) is 62.5 Å². The predicted molar refractivity (Wildman–Crippen MR) is 140 cm³/mol. The molecule has 2 aliphatic rings. The van der Waals surface area contributed by atoms with Gasteiger partial charge < -0.3 is 14.8 Å². The minimum atomic E-state index is -3.85. The van der Waals surface area contributed by atoms with Crippen LogP contribution >= 0.6 is 22.9 Å². The van der Waals surface area contributed by atoms with Crippen molar-refractivity contribution in [3.63, 3.8) is 0 Å². The molecule has 204 valence electrons. The average molecular weight is 585 g/mol. The molecule has 1 fully saturated rings.